The van der Waals surface area contributed by atoms with E-state index in [1.807, 2.05) is 0 Å². The molecule has 5 nitrogen and oxygen atoms in total. The van der Waals surface area contributed by atoms with Gasteiger partial charge in [0.1, 0.15) is 5.82 Å². The van der Waals surface area contributed by atoms with Gasteiger partial charge in [0.05, 0.1) is 0 Å². The number of nitrogens with zero attached hydrogens (tertiary/aromatic N) is 2. The third kappa shape index (κ3) is 2.30. The van der Waals surface area contributed by atoms with Crippen LogP contribution in [-0.4, -0.2) is 36.6 Å². The number of amides is 1. The van der Waals surface area contributed by atoms with Crippen LogP contribution in [0.2, 0.25) is 0 Å². The summed E-state index contributed by atoms with van der Waals surface area (Å²) in [5.74, 6) is 0.413. The lowest BCUT2D eigenvalue weighted by molar-refractivity contribution is 0.1000. The van der Waals surface area contributed by atoms with Gasteiger partial charge in [0.15, 0.2) is 0 Å². The lowest BCUT2D eigenvalue weighted by Gasteiger charge is -2.32. The number of rotatable bonds is 2. The van der Waals surface area contributed by atoms with Crippen molar-refractivity contribution >= 4 is 11.7 Å². The molecule has 1 atom stereocenters. The minimum atomic E-state index is -0.410. The molecule has 1 aliphatic rings. The first-order valence-corrected chi connectivity index (χ1v) is 5.41. The van der Waals surface area contributed by atoms with Crippen molar-refractivity contribution in [1.29, 1.82) is 0 Å². The summed E-state index contributed by atoms with van der Waals surface area (Å²) in [6.45, 7) is 4.86. The van der Waals surface area contributed by atoms with Crippen molar-refractivity contribution in [2.75, 3.05) is 24.5 Å². The molecule has 1 unspecified atom stereocenters. The highest BCUT2D eigenvalue weighted by atomic mass is 16.1. The number of hydrogen-bond donors (Lipinski definition) is 2. The number of primary amides is 1. The molecule has 86 valence electrons. The highest BCUT2D eigenvalue weighted by molar-refractivity contribution is 5.93. The Morgan fingerprint density at radius 2 is 2.50 bits per heavy atom. The van der Waals surface area contributed by atoms with Crippen LogP contribution in [0.25, 0.3) is 0 Å². The molecule has 0 bridgehead atoms. The van der Waals surface area contributed by atoms with Crippen LogP contribution in [0.4, 0.5) is 5.82 Å². The van der Waals surface area contributed by atoms with E-state index in [1.165, 1.54) is 0 Å². The molecule has 0 aliphatic carbocycles. The summed E-state index contributed by atoms with van der Waals surface area (Å²) in [7, 11) is 0. The number of anilines is 1. The van der Waals surface area contributed by atoms with Gasteiger partial charge in [0, 0.05) is 37.4 Å². The number of carbonyl (C=O) groups is 1. The van der Waals surface area contributed by atoms with Gasteiger partial charge in [-0.25, -0.2) is 4.98 Å². The summed E-state index contributed by atoms with van der Waals surface area (Å²) in [6, 6.07) is 3.82. The van der Waals surface area contributed by atoms with Crippen LogP contribution in [0.1, 0.15) is 17.3 Å². The van der Waals surface area contributed by atoms with Gasteiger partial charge in [-0.3, -0.25) is 4.79 Å². The number of hydrogen-bond acceptors (Lipinski definition) is 4. The number of nitrogens with one attached hydrogen (secondary N) is 1. The molecule has 1 fully saturated rings. The first-order chi connectivity index (χ1) is 7.66. The number of carbonyl (C=O) groups excluding carboxylic acids is 1. The van der Waals surface area contributed by atoms with Crippen molar-refractivity contribution < 1.29 is 4.79 Å². The molecular weight excluding hydrogens is 204 g/mol. The summed E-state index contributed by atoms with van der Waals surface area (Å²) in [5.41, 5.74) is 5.75. The normalized spacial score (nSPS) is 20.8. The lowest BCUT2D eigenvalue weighted by Crippen LogP contribution is -2.49. The van der Waals surface area contributed by atoms with E-state index in [-0.39, 0.29) is 0 Å². The van der Waals surface area contributed by atoms with E-state index in [4.69, 9.17) is 5.73 Å². The van der Waals surface area contributed by atoms with E-state index in [0.29, 0.717) is 11.6 Å². The molecule has 1 amide bonds. The molecule has 1 saturated heterocycles. The maximum atomic E-state index is 11.1. The van der Waals surface area contributed by atoms with Crippen molar-refractivity contribution in [1.82, 2.24) is 10.3 Å². The highest BCUT2D eigenvalue weighted by Crippen LogP contribution is 2.14. The van der Waals surface area contributed by atoms with Crippen LogP contribution in [0.5, 0.6) is 0 Å². The second-order valence-electron chi connectivity index (χ2n) is 4.07. The van der Waals surface area contributed by atoms with Gasteiger partial charge in [-0.05, 0) is 19.1 Å². The van der Waals surface area contributed by atoms with E-state index >= 15 is 0 Å². The Kier molecular flexibility index (Phi) is 3.05. The first kappa shape index (κ1) is 10.9. The minimum Gasteiger partial charge on any atom is -0.366 e. The van der Waals surface area contributed by atoms with E-state index in [1.54, 1.807) is 18.3 Å². The molecule has 0 aromatic carbocycles. The Labute approximate surface area is 94.6 Å². The van der Waals surface area contributed by atoms with Gasteiger partial charge in [-0.2, -0.15) is 0 Å². The van der Waals surface area contributed by atoms with E-state index in [9.17, 15) is 4.79 Å². The molecule has 0 spiro atoms. The molecule has 0 saturated carbocycles. The van der Waals surface area contributed by atoms with Crippen LogP contribution < -0.4 is 16.0 Å². The molecule has 0 radical (unpaired) electrons. The van der Waals surface area contributed by atoms with Crippen molar-refractivity contribution in [3.05, 3.63) is 23.9 Å². The van der Waals surface area contributed by atoms with Crippen LogP contribution >= 0.6 is 0 Å². The fourth-order valence-corrected chi connectivity index (χ4v) is 1.89. The number of piperazine rings is 1. The Morgan fingerprint density at radius 1 is 1.69 bits per heavy atom. The van der Waals surface area contributed by atoms with E-state index in [2.05, 4.69) is 22.1 Å². The van der Waals surface area contributed by atoms with Gasteiger partial charge < -0.3 is 16.0 Å². The number of nitrogens with two attached hydrogens (primary N) is 1. The molecular formula is C11H16N4O. The van der Waals surface area contributed by atoms with Crippen LogP contribution in [0.3, 0.4) is 0 Å². The number of aromatic nitrogens is 1. The molecule has 1 aromatic heterocycles. The zero-order valence-electron chi connectivity index (χ0n) is 9.31. The monoisotopic (exact) mass is 220 g/mol. The molecule has 16 heavy (non-hydrogen) atoms. The zero-order chi connectivity index (χ0) is 11.5. The van der Waals surface area contributed by atoms with Gasteiger partial charge >= 0.3 is 0 Å². The van der Waals surface area contributed by atoms with Crippen molar-refractivity contribution in [3.63, 3.8) is 0 Å². The largest absolute Gasteiger partial charge is 0.366 e. The summed E-state index contributed by atoms with van der Waals surface area (Å²) in [4.78, 5) is 17.5. The Bertz CT molecular complexity index is 393. The number of pyridine rings is 1. The molecule has 2 rings (SSSR count). The van der Waals surface area contributed by atoms with Gasteiger partial charge in [-0.1, -0.05) is 0 Å². The quantitative estimate of drug-likeness (QED) is 0.734. The maximum Gasteiger partial charge on any atom is 0.248 e. The Hall–Kier alpha value is -1.62. The smallest absolute Gasteiger partial charge is 0.248 e. The average Bonchev–Trinajstić information content (AvgIpc) is 2.29. The van der Waals surface area contributed by atoms with Gasteiger partial charge in [0.2, 0.25) is 5.91 Å². The minimum absolute atomic E-state index is 0.410. The SMILES string of the molecule is CC1CN(c2cc(C(N)=O)ccn2)CCN1. The standard InChI is InChI=1S/C11H16N4O/c1-8-7-15(5-4-13-8)10-6-9(11(12)16)2-3-14-10/h2-3,6,8,13H,4-5,7H2,1H3,(H2,12,16). The van der Waals surface area contributed by atoms with Crippen molar-refractivity contribution in [2.24, 2.45) is 5.73 Å². The van der Waals surface area contributed by atoms with E-state index < -0.39 is 5.91 Å². The van der Waals surface area contributed by atoms with Crippen molar-refractivity contribution in [2.45, 2.75) is 13.0 Å². The lowest BCUT2D eigenvalue weighted by atomic mass is 10.2. The second-order valence-corrected chi connectivity index (χ2v) is 4.07. The summed E-state index contributed by atoms with van der Waals surface area (Å²) < 4.78 is 0. The fourth-order valence-electron chi connectivity index (χ4n) is 1.89. The maximum absolute atomic E-state index is 11.1. The summed E-state index contributed by atoms with van der Waals surface area (Å²) in [5, 5.41) is 3.36. The summed E-state index contributed by atoms with van der Waals surface area (Å²) in [6.07, 6.45) is 1.63. The van der Waals surface area contributed by atoms with Crippen LogP contribution in [-0.2, 0) is 0 Å². The Morgan fingerprint density at radius 3 is 3.19 bits per heavy atom. The molecule has 5 heteroatoms. The van der Waals surface area contributed by atoms with Crippen LogP contribution in [0.15, 0.2) is 18.3 Å². The second kappa shape index (κ2) is 4.49. The third-order valence-electron chi connectivity index (χ3n) is 2.72. The first-order valence-electron chi connectivity index (χ1n) is 5.41. The predicted octanol–water partition coefficient (Wildman–Crippen LogP) is -0.0214. The average molecular weight is 220 g/mol. The highest BCUT2D eigenvalue weighted by Gasteiger charge is 2.17. The molecule has 1 aliphatic heterocycles. The molecule has 1 aromatic rings. The van der Waals surface area contributed by atoms with Gasteiger partial charge in [-0.15, -0.1) is 0 Å². The molecule has 3 N–H and O–H groups in total. The summed E-state index contributed by atoms with van der Waals surface area (Å²) >= 11 is 0. The fraction of sp³-hybridized carbons (Fsp3) is 0.455. The third-order valence-corrected chi connectivity index (χ3v) is 2.72. The zero-order valence-corrected chi connectivity index (χ0v) is 9.31. The topological polar surface area (TPSA) is 71.2 Å². The van der Waals surface area contributed by atoms with Crippen LogP contribution in [0, 0.1) is 0 Å². The predicted molar refractivity (Wildman–Crippen MR) is 62.4 cm³/mol. The van der Waals surface area contributed by atoms with E-state index in [0.717, 1.165) is 25.5 Å². The van der Waals surface area contributed by atoms with Gasteiger partial charge in [0.25, 0.3) is 0 Å². The Balaban J connectivity index is 2.19. The molecule has 2 heterocycles. The van der Waals surface area contributed by atoms with Crippen molar-refractivity contribution in [3.8, 4) is 0 Å².